The maximum absolute atomic E-state index is 13.1. The lowest BCUT2D eigenvalue weighted by molar-refractivity contribution is -0.302. The van der Waals surface area contributed by atoms with Crippen molar-refractivity contribution in [1.29, 1.82) is 0 Å². The lowest BCUT2D eigenvalue weighted by Gasteiger charge is -2.40. The molecule has 1 fully saturated rings. The second-order valence-electron chi connectivity index (χ2n) is 21.5. The molecular weight excluding hydrogens is 983 g/mol. The molecule has 0 aliphatic carbocycles. The Balaban J connectivity index is 2.21. The maximum atomic E-state index is 13.1. The number of aliphatic hydroxyl groups excluding tert-OH is 5. The lowest BCUT2D eigenvalue weighted by atomic mass is 9.99. The van der Waals surface area contributed by atoms with Gasteiger partial charge in [-0.3, -0.25) is 4.79 Å². The molecule has 1 aliphatic heterocycles. The van der Waals surface area contributed by atoms with Crippen LogP contribution in [0.2, 0.25) is 0 Å². The molecule has 7 atom stereocenters. The highest BCUT2D eigenvalue weighted by Crippen LogP contribution is 2.23. The van der Waals surface area contributed by atoms with Gasteiger partial charge in [-0.2, -0.15) is 0 Å². The number of ether oxygens (including phenoxy) is 2. The fraction of sp³-hybridized carbons (Fsp3) is 0.671. The van der Waals surface area contributed by atoms with Crippen molar-refractivity contribution in [2.24, 2.45) is 0 Å². The normalized spacial score (nSPS) is 19.5. The molecule has 79 heavy (non-hydrogen) atoms. The highest BCUT2D eigenvalue weighted by atomic mass is 16.7. The standard InChI is InChI=1S/C70H117NO8/c1-3-5-7-9-11-13-15-17-19-21-23-24-25-26-27-28-29-30-31-32-33-34-35-36-37-38-39-40-42-44-46-48-50-52-54-56-58-60-66(74)71-63(62-78-70-69(77)68(76)67(75)65(61-72)79-70)64(73)59-57-55-53-51-49-47-45-43-41-22-20-18-16-14-12-10-8-6-4-2/h5,7,11,13,17,19,23-24,26-27,29-30,32-33,35-36,38-39,42,44,57,59,63-65,67-70,72-73,75-77H,3-4,6,8-10,12,14-16,18,20-22,25,28,31,34,37,40-41,43,45-56,58,60-62H2,1-2H3,(H,71,74)/b7-5-,13-11-,19-17-,24-23-,27-26-,30-29-,33-32-,36-35-,39-38-,44-42-,59-57+. The highest BCUT2D eigenvalue weighted by molar-refractivity contribution is 5.76. The van der Waals surface area contributed by atoms with Gasteiger partial charge in [0, 0.05) is 6.42 Å². The Labute approximate surface area is 483 Å². The van der Waals surface area contributed by atoms with Crippen LogP contribution in [0.4, 0.5) is 0 Å². The molecule has 0 aromatic rings. The van der Waals surface area contributed by atoms with Gasteiger partial charge in [0.05, 0.1) is 25.4 Å². The molecule has 450 valence electrons. The largest absolute Gasteiger partial charge is 0.394 e. The molecule has 0 bridgehead atoms. The van der Waals surface area contributed by atoms with Crippen LogP contribution in [-0.2, 0) is 14.3 Å². The van der Waals surface area contributed by atoms with Crippen LogP contribution >= 0.6 is 0 Å². The van der Waals surface area contributed by atoms with E-state index in [1.54, 1.807) is 6.08 Å². The summed E-state index contributed by atoms with van der Waals surface area (Å²) in [5.74, 6) is -0.196. The first kappa shape index (κ1) is 73.3. The van der Waals surface area contributed by atoms with Crippen molar-refractivity contribution < 1.29 is 39.8 Å². The molecule has 1 aliphatic rings. The van der Waals surface area contributed by atoms with Crippen molar-refractivity contribution in [3.63, 3.8) is 0 Å². The molecule has 1 amide bonds. The van der Waals surface area contributed by atoms with Crippen molar-refractivity contribution in [1.82, 2.24) is 5.32 Å². The Morgan fingerprint density at radius 3 is 1.16 bits per heavy atom. The van der Waals surface area contributed by atoms with Gasteiger partial charge in [-0.1, -0.05) is 276 Å². The SMILES string of the molecule is CC/C=C\C/C=C\C/C=C\C/C=C\C/C=C\C/C=C\C/C=C\C/C=C\C/C=C\C/C=C\CCCCCCCCC(=O)NC(COC1OC(CO)C(O)C(O)C1O)C(O)/C=C/CCCCCCCCCCCCCCCCCCC. The molecule has 0 radical (unpaired) electrons. The number of amides is 1. The Kier molecular flexibility index (Phi) is 53.4. The molecule has 9 nitrogen and oxygen atoms in total. The van der Waals surface area contributed by atoms with E-state index in [4.69, 9.17) is 9.47 Å². The predicted octanol–water partition coefficient (Wildman–Crippen LogP) is 16.9. The second-order valence-corrected chi connectivity index (χ2v) is 21.5. The molecule has 9 heteroatoms. The van der Waals surface area contributed by atoms with Crippen LogP contribution in [-0.4, -0.2) is 87.5 Å². The molecular formula is C70H117NO8. The van der Waals surface area contributed by atoms with Crippen LogP contribution in [0.25, 0.3) is 0 Å². The van der Waals surface area contributed by atoms with Crippen LogP contribution in [0, 0.1) is 0 Å². The van der Waals surface area contributed by atoms with Crippen LogP contribution < -0.4 is 5.32 Å². The summed E-state index contributed by atoms with van der Waals surface area (Å²) in [5.41, 5.74) is 0. The van der Waals surface area contributed by atoms with Gasteiger partial charge >= 0.3 is 0 Å². The number of hydrogen-bond donors (Lipinski definition) is 6. The first-order valence-corrected chi connectivity index (χ1v) is 31.9. The topological polar surface area (TPSA) is 149 Å². The zero-order chi connectivity index (χ0) is 57.2. The molecule has 7 unspecified atom stereocenters. The van der Waals surface area contributed by atoms with Crippen molar-refractivity contribution >= 4 is 5.91 Å². The summed E-state index contributed by atoms with van der Waals surface area (Å²) in [7, 11) is 0. The Hall–Kier alpha value is -3.67. The first-order chi connectivity index (χ1) is 38.8. The zero-order valence-electron chi connectivity index (χ0n) is 50.1. The van der Waals surface area contributed by atoms with Gasteiger partial charge in [0.2, 0.25) is 5.91 Å². The lowest BCUT2D eigenvalue weighted by Crippen LogP contribution is -2.60. The monoisotopic (exact) mass is 1100 g/mol. The molecule has 0 spiro atoms. The van der Waals surface area contributed by atoms with E-state index in [2.05, 4.69) is 141 Å². The molecule has 0 aromatic carbocycles. The molecule has 6 N–H and O–H groups in total. The molecule has 0 saturated carbocycles. The highest BCUT2D eigenvalue weighted by Gasteiger charge is 2.44. The van der Waals surface area contributed by atoms with Crippen molar-refractivity contribution in [2.75, 3.05) is 13.2 Å². The third kappa shape index (κ3) is 46.6. The maximum Gasteiger partial charge on any atom is 0.220 e. The summed E-state index contributed by atoms with van der Waals surface area (Å²) < 4.78 is 11.3. The molecule has 1 rings (SSSR count). The number of carbonyl (C=O) groups is 1. The Morgan fingerprint density at radius 2 is 0.785 bits per heavy atom. The van der Waals surface area contributed by atoms with E-state index in [0.29, 0.717) is 6.42 Å². The van der Waals surface area contributed by atoms with Crippen LogP contribution in [0.3, 0.4) is 0 Å². The van der Waals surface area contributed by atoms with Crippen molar-refractivity contribution in [3.8, 4) is 0 Å². The summed E-state index contributed by atoms with van der Waals surface area (Å²) >= 11 is 0. The minimum Gasteiger partial charge on any atom is -0.394 e. The zero-order valence-corrected chi connectivity index (χ0v) is 50.1. The van der Waals surface area contributed by atoms with Gasteiger partial charge in [-0.05, 0) is 96.3 Å². The van der Waals surface area contributed by atoms with Gasteiger partial charge in [0.25, 0.3) is 0 Å². The Morgan fingerprint density at radius 1 is 0.443 bits per heavy atom. The summed E-state index contributed by atoms with van der Waals surface area (Å²) in [6.07, 6.45) is 80.9. The fourth-order valence-corrected chi connectivity index (χ4v) is 9.24. The van der Waals surface area contributed by atoms with Gasteiger partial charge in [-0.15, -0.1) is 0 Å². The first-order valence-electron chi connectivity index (χ1n) is 31.9. The number of allylic oxidation sites excluding steroid dienone is 21. The van der Waals surface area contributed by atoms with Gasteiger partial charge < -0.3 is 40.3 Å². The van der Waals surface area contributed by atoms with Crippen LogP contribution in [0.1, 0.15) is 245 Å². The van der Waals surface area contributed by atoms with E-state index in [9.17, 15) is 30.3 Å². The van der Waals surface area contributed by atoms with Gasteiger partial charge in [-0.25, -0.2) is 0 Å². The Bertz CT molecular complexity index is 1700. The average Bonchev–Trinajstić information content (AvgIpc) is 3.46. The number of hydrogen-bond acceptors (Lipinski definition) is 8. The van der Waals surface area contributed by atoms with Crippen molar-refractivity contribution in [2.45, 2.75) is 288 Å². The van der Waals surface area contributed by atoms with Crippen LogP contribution in [0.5, 0.6) is 0 Å². The minimum absolute atomic E-state index is 0.196. The number of rotatable bonds is 53. The number of carbonyl (C=O) groups excluding carboxylic acids is 1. The van der Waals surface area contributed by atoms with E-state index in [1.807, 2.05) is 6.08 Å². The van der Waals surface area contributed by atoms with E-state index in [-0.39, 0.29) is 12.5 Å². The summed E-state index contributed by atoms with van der Waals surface area (Å²) in [5, 5.41) is 54.6. The smallest absolute Gasteiger partial charge is 0.220 e. The van der Waals surface area contributed by atoms with E-state index in [1.165, 1.54) is 96.3 Å². The predicted molar refractivity (Wildman–Crippen MR) is 336 cm³/mol. The quantitative estimate of drug-likeness (QED) is 0.0261. The number of nitrogens with one attached hydrogen (secondary N) is 1. The number of unbranched alkanes of at least 4 members (excludes halogenated alkanes) is 23. The minimum atomic E-state index is -1.58. The van der Waals surface area contributed by atoms with Gasteiger partial charge in [0.1, 0.15) is 24.4 Å². The van der Waals surface area contributed by atoms with Gasteiger partial charge in [0.15, 0.2) is 6.29 Å². The van der Waals surface area contributed by atoms with Crippen LogP contribution in [0.15, 0.2) is 134 Å². The summed E-state index contributed by atoms with van der Waals surface area (Å²) in [6, 6.07) is -0.823. The summed E-state index contributed by atoms with van der Waals surface area (Å²) in [4.78, 5) is 13.1. The fourth-order valence-electron chi connectivity index (χ4n) is 9.24. The molecule has 1 saturated heterocycles. The van der Waals surface area contributed by atoms with Crippen molar-refractivity contribution in [3.05, 3.63) is 134 Å². The summed E-state index contributed by atoms with van der Waals surface area (Å²) in [6.45, 7) is 3.66. The average molecular weight is 1100 g/mol. The van der Waals surface area contributed by atoms with E-state index in [0.717, 1.165) is 128 Å². The second kappa shape index (κ2) is 57.6. The third-order valence-electron chi connectivity index (χ3n) is 14.2. The van der Waals surface area contributed by atoms with E-state index < -0.39 is 49.5 Å². The third-order valence-corrected chi connectivity index (χ3v) is 14.2. The molecule has 1 heterocycles. The number of aliphatic hydroxyl groups is 5. The van der Waals surface area contributed by atoms with E-state index >= 15 is 0 Å². The molecule has 0 aromatic heterocycles.